The lowest BCUT2D eigenvalue weighted by Crippen LogP contribution is -2.32. The molecule has 0 bridgehead atoms. The highest BCUT2D eigenvalue weighted by molar-refractivity contribution is 9.10. The minimum Gasteiger partial charge on any atom is -0.324 e. The van der Waals surface area contributed by atoms with Gasteiger partial charge in [-0.1, -0.05) is 22.9 Å². The summed E-state index contributed by atoms with van der Waals surface area (Å²) >= 11 is 3.42. The van der Waals surface area contributed by atoms with Crippen molar-refractivity contribution in [2.75, 3.05) is 5.32 Å². The first kappa shape index (κ1) is 14.7. The molecule has 0 spiro atoms. The fraction of sp³-hybridized carbons (Fsp3) is 0.429. The molecule has 0 saturated heterocycles. The van der Waals surface area contributed by atoms with Gasteiger partial charge in [0.1, 0.15) is 5.41 Å². The van der Waals surface area contributed by atoms with Crippen molar-refractivity contribution >= 4 is 27.5 Å². The maximum absolute atomic E-state index is 12.1. The third-order valence-corrected chi connectivity index (χ3v) is 3.65. The molecule has 1 atom stereocenters. The van der Waals surface area contributed by atoms with Gasteiger partial charge in [-0.2, -0.15) is 5.26 Å². The number of carbonyl (C=O) groups is 1. The van der Waals surface area contributed by atoms with Gasteiger partial charge in [0.15, 0.2) is 0 Å². The predicted molar refractivity (Wildman–Crippen MR) is 76.3 cm³/mol. The Hall–Kier alpha value is -1.34. The Bertz CT molecular complexity index is 496. The second-order valence-corrected chi connectivity index (χ2v) is 5.58. The summed E-state index contributed by atoms with van der Waals surface area (Å²) in [5.41, 5.74) is 1.77. The van der Waals surface area contributed by atoms with Crippen LogP contribution < -0.4 is 5.32 Å². The maximum atomic E-state index is 12.1. The van der Waals surface area contributed by atoms with Crippen LogP contribution in [0.15, 0.2) is 16.6 Å². The van der Waals surface area contributed by atoms with Crippen LogP contribution in [0.5, 0.6) is 0 Å². The van der Waals surface area contributed by atoms with E-state index in [0.717, 1.165) is 21.3 Å². The van der Waals surface area contributed by atoms with Crippen LogP contribution in [0.2, 0.25) is 0 Å². The SMILES string of the molecule is CCC(C)(C#N)C(=O)Nc1c(C)cc(Br)cc1C. The van der Waals surface area contributed by atoms with Crippen LogP contribution in [-0.2, 0) is 4.79 Å². The van der Waals surface area contributed by atoms with Gasteiger partial charge in [0.25, 0.3) is 0 Å². The number of hydrogen-bond donors (Lipinski definition) is 1. The maximum Gasteiger partial charge on any atom is 0.244 e. The molecule has 0 aliphatic rings. The van der Waals surface area contributed by atoms with E-state index in [9.17, 15) is 4.79 Å². The first-order chi connectivity index (χ1) is 8.34. The molecule has 1 unspecified atom stereocenters. The van der Waals surface area contributed by atoms with E-state index >= 15 is 0 Å². The van der Waals surface area contributed by atoms with Crippen LogP contribution in [0.3, 0.4) is 0 Å². The number of rotatable bonds is 3. The first-order valence-electron chi connectivity index (χ1n) is 5.83. The van der Waals surface area contributed by atoms with Crippen molar-refractivity contribution in [1.29, 1.82) is 5.26 Å². The predicted octanol–water partition coefficient (Wildman–Crippen LogP) is 3.94. The van der Waals surface area contributed by atoms with E-state index < -0.39 is 5.41 Å². The van der Waals surface area contributed by atoms with E-state index in [-0.39, 0.29) is 5.91 Å². The molecule has 1 rings (SSSR count). The monoisotopic (exact) mass is 308 g/mol. The van der Waals surface area contributed by atoms with Crippen LogP contribution in [0.1, 0.15) is 31.4 Å². The number of benzene rings is 1. The van der Waals surface area contributed by atoms with Crippen LogP contribution >= 0.6 is 15.9 Å². The molecule has 1 aromatic carbocycles. The number of nitriles is 1. The van der Waals surface area contributed by atoms with Gasteiger partial charge in [0.05, 0.1) is 6.07 Å². The molecule has 0 aliphatic carbocycles. The fourth-order valence-corrected chi connectivity index (χ4v) is 2.34. The summed E-state index contributed by atoms with van der Waals surface area (Å²) in [6, 6.07) is 5.96. The van der Waals surface area contributed by atoms with Crippen molar-refractivity contribution in [1.82, 2.24) is 0 Å². The van der Waals surface area contributed by atoms with Crippen molar-refractivity contribution in [3.05, 3.63) is 27.7 Å². The van der Waals surface area contributed by atoms with Crippen LogP contribution in [-0.4, -0.2) is 5.91 Å². The van der Waals surface area contributed by atoms with Gasteiger partial charge >= 0.3 is 0 Å². The lowest BCUT2D eigenvalue weighted by Gasteiger charge is -2.20. The number of nitrogens with one attached hydrogen (secondary N) is 1. The summed E-state index contributed by atoms with van der Waals surface area (Å²) in [7, 11) is 0. The first-order valence-corrected chi connectivity index (χ1v) is 6.63. The summed E-state index contributed by atoms with van der Waals surface area (Å²) in [4.78, 5) is 12.1. The summed E-state index contributed by atoms with van der Waals surface area (Å²) in [5, 5.41) is 12.0. The Morgan fingerprint density at radius 2 is 1.94 bits per heavy atom. The van der Waals surface area contributed by atoms with Crippen LogP contribution in [0.4, 0.5) is 5.69 Å². The zero-order valence-corrected chi connectivity index (χ0v) is 12.7. The van der Waals surface area contributed by atoms with Gasteiger partial charge in [0, 0.05) is 10.2 Å². The normalized spacial score (nSPS) is 13.6. The molecule has 0 heterocycles. The zero-order valence-electron chi connectivity index (χ0n) is 11.1. The largest absolute Gasteiger partial charge is 0.324 e. The van der Waals surface area contributed by atoms with Gasteiger partial charge in [0.2, 0.25) is 5.91 Å². The summed E-state index contributed by atoms with van der Waals surface area (Å²) in [6.45, 7) is 7.36. The summed E-state index contributed by atoms with van der Waals surface area (Å²) < 4.78 is 0.981. The van der Waals surface area contributed by atoms with Crippen molar-refractivity contribution in [3.8, 4) is 6.07 Å². The van der Waals surface area contributed by atoms with E-state index in [1.54, 1.807) is 6.92 Å². The standard InChI is InChI=1S/C14H17BrN2O/c1-5-14(4,8-16)13(18)17-12-9(2)6-11(15)7-10(12)3/h6-7H,5H2,1-4H3,(H,17,18). The van der Waals surface area contributed by atoms with Gasteiger partial charge in [-0.15, -0.1) is 0 Å². The molecule has 0 aliphatic heterocycles. The van der Waals surface area contributed by atoms with E-state index in [0.29, 0.717) is 6.42 Å². The lowest BCUT2D eigenvalue weighted by atomic mass is 9.88. The number of anilines is 1. The topological polar surface area (TPSA) is 52.9 Å². The number of carbonyl (C=O) groups excluding carboxylic acids is 1. The van der Waals surface area contributed by atoms with Gasteiger partial charge < -0.3 is 5.32 Å². The van der Waals surface area contributed by atoms with Gasteiger partial charge in [-0.25, -0.2) is 0 Å². The Morgan fingerprint density at radius 3 is 2.33 bits per heavy atom. The van der Waals surface area contributed by atoms with E-state index in [1.165, 1.54) is 0 Å². The van der Waals surface area contributed by atoms with Crippen LogP contribution in [0, 0.1) is 30.6 Å². The third-order valence-electron chi connectivity index (χ3n) is 3.19. The third kappa shape index (κ3) is 2.91. The second kappa shape index (κ2) is 5.53. The highest BCUT2D eigenvalue weighted by Gasteiger charge is 2.31. The highest BCUT2D eigenvalue weighted by atomic mass is 79.9. The minimum atomic E-state index is -0.980. The Balaban J connectivity index is 3.07. The molecule has 1 aromatic rings. The molecule has 18 heavy (non-hydrogen) atoms. The Labute approximate surface area is 116 Å². The fourth-order valence-electron chi connectivity index (χ4n) is 1.65. The summed E-state index contributed by atoms with van der Waals surface area (Å²) in [6.07, 6.45) is 0.490. The van der Waals surface area contributed by atoms with E-state index in [2.05, 4.69) is 27.3 Å². The number of nitrogens with zero attached hydrogens (tertiary/aromatic N) is 1. The molecular weight excluding hydrogens is 292 g/mol. The minimum absolute atomic E-state index is 0.249. The number of aryl methyl sites for hydroxylation is 2. The number of amides is 1. The van der Waals surface area contributed by atoms with Crippen molar-refractivity contribution in [2.45, 2.75) is 34.1 Å². The molecule has 1 N–H and O–H groups in total. The molecule has 3 nitrogen and oxygen atoms in total. The molecule has 0 radical (unpaired) electrons. The van der Waals surface area contributed by atoms with Gasteiger partial charge in [-0.05, 0) is 50.5 Å². The van der Waals surface area contributed by atoms with Crippen molar-refractivity contribution in [2.24, 2.45) is 5.41 Å². The lowest BCUT2D eigenvalue weighted by molar-refractivity contribution is -0.122. The molecular formula is C14H17BrN2O. The van der Waals surface area contributed by atoms with E-state index in [1.807, 2.05) is 32.9 Å². The number of hydrogen-bond acceptors (Lipinski definition) is 2. The quantitative estimate of drug-likeness (QED) is 0.919. The Morgan fingerprint density at radius 1 is 1.44 bits per heavy atom. The van der Waals surface area contributed by atoms with Crippen molar-refractivity contribution < 1.29 is 4.79 Å². The molecule has 0 fully saturated rings. The van der Waals surface area contributed by atoms with Crippen LogP contribution in [0.25, 0.3) is 0 Å². The second-order valence-electron chi connectivity index (χ2n) is 4.67. The molecule has 96 valence electrons. The number of halogens is 1. The molecule has 1 amide bonds. The van der Waals surface area contributed by atoms with Gasteiger partial charge in [-0.3, -0.25) is 4.79 Å². The van der Waals surface area contributed by atoms with Crippen molar-refractivity contribution in [3.63, 3.8) is 0 Å². The zero-order chi connectivity index (χ0) is 13.9. The molecule has 4 heteroatoms. The molecule has 0 aromatic heterocycles. The Kier molecular flexibility index (Phi) is 4.53. The highest BCUT2D eigenvalue weighted by Crippen LogP contribution is 2.28. The molecule has 0 saturated carbocycles. The average Bonchev–Trinajstić information content (AvgIpc) is 2.32. The van der Waals surface area contributed by atoms with E-state index in [4.69, 9.17) is 5.26 Å². The average molecular weight is 309 g/mol. The smallest absolute Gasteiger partial charge is 0.244 e. The summed E-state index contributed by atoms with van der Waals surface area (Å²) in [5.74, 6) is -0.249.